The minimum atomic E-state index is -0.346. The van der Waals surface area contributed by atoms with Gasteiger partial charge in [0.25, 0.3) is 5.91 Å². The van der Waals surface area contributed by atoms with E-state index in [1.165, 1.54) is 0 Å². The molecule has 4 rings (SSSR count). The molecule has 0 unspecified atom stereocenters. The standard InChI is InChI=1S/C19H18N2O3/c1-12-4-2-5-13(10-12)19-21-15-11-14(7-8-16(15)24-19)20-18(22)17-6-3-9-23-17/h2,4-5,7-8,10-11,17H,3,6,9H2,1H3,(H,20,22)/t17-/m1/s1. The topological polar surface area (TPSA) is 64.4 Å². The summed E-state index contributed by atoms with van der Waals surface area (Å²) in [6.45, 7) is 2.69. The van der Waals surface area contributed by atoms with Crippen molar-refractivity contribution in [2.75, 3.05) is 11.9 Å². The van der Waals surface area contributed by atoms with Crippen LogP contribution in [-0.4, -0.2) is 23.6 Å². The average molecular weight is 322 g/mol. The third kappa shape index (κ3) is 2.90. The van der Waals surface area contributed by atoms with Crippen molar-refractivity contribution in [2.24, 2.45) is 0 Å². The molecule has 0 bridgehead atoms. The van der Waals surface area contributed by atoms with Crippen LogP contribution in [0.5, 0.6) is 0 Å². The molecule has 5 heteroatoms. The number of fused-ring (bicyclic) bond motifs is 1. The molecule has 1 saturated heterocycles. The zero-order valence-electron chi connectivity index (χ0n) is 13.4. The largest absolute Gasteiger partial charge is 0.436 e. The maximum Gasteiger partial charge on any atom is 0.253 e. The molecule has 0 spiro atoms. The molecule has 1 fully saturated rings. The van der Waals surface area contributed by atoms with Crippen LogP contribution >= 0.6 is 0 Å². The highest BCUT2D eigenvalue weighted by atomic mass is 16.5. The van der Waals surface area contributed by atoms with Gasteiger partial charge in [-0.1, -0.05) is 17.7 Å². The Morgan fingerprint density at radius 1 is 1.25 bits per heavy atom. The molecule has 1 aromatic heterocycles. The highest BCUT2D eigenvalue weighted by Crippen LogP contribution is 2.27. The number of oxazole rings is 1. The Morgan fingerprint density at radius 3 is 2.96 bits per heavy atom. The van der Waals surface area contributed by atoms with Gasteiger partial charge in [0.15, 0.2) is 5.58 Å². The summed E-state index contributed by atoms with van der Waals surface area (Å²) in [7, 11) is 0. The number of aromatic nitrogens is 1. The van der Waals surface area contributed by atoms with Crippen LogP contribution in [0.25, 0.3) is 22.6 Å². The second-order valence-corrected chi connectivity index (χ2v) is 6.06. The Balaban J connectivity index is 1.60. The van der Waals surface area contributed by atoms with Gasteiger partial charge in [-0.2, -0.15) is 0 Å². The van der Waals surface area contributed by atoms with E-state index < -0.39 is 0 Å². The maximum atomic E-state index is 12.1. The zero-order chi connectivity index (χ0) is 16.5. The number of hydrogen-bond donors (Lipinski definition) is 1. The Kier molecular flexibility index (Phi) is 3.78. The summed E-state index contributed by atoms with van der Waals surface area (Å²) in [5.74, 6) is 0.477. The van der Waals surface area contributed by atoms with E-state index in [9.17, 15) is 4.79 Å². The molecular weight excluding hydrogens is 304 g/mol. The van der Waals surface area contributed by atoms with Crippen LogP contribution in [0.15, 0.2) is 46.9 Å². The number of anilines is 1. The Hall–Kier alpha value is -2.66. The van der Waals surface area contributed by atoms with Gasteiger partial charge in [-0.3, -0.25) is 4.79 Å². The number of carbonyl (C=O) groups is 1. The minimum absolute atomic E-state index is 0.103. The molecule has 0 aliphatic carbocycles. The van der Waals surface area contributed by atoms with Gasteiger partial charge in [0.05, 0.1) is 0 Å². The van der Waals surface area contributed by atoms with Gasteiger partial charge < -0.3 is 14.5 Å². The molecule has 2 heterocycles. The second kappa shape index (κ2) is 6.09. The first-order chi connectivity index (χ1) is 11.7. The maximum absolute atomic E-state index is 12.1. The van der Waals surface area contributed by atoms with E-state index in [2.05, 4.69) is 10.3 Å². The van der Waals surface area contributed by atoms with Crippen molar-refractivity contribution in [1.82, 2.24) is 4.98 Å². The Bertz CT molecular complexity index is 895. The lowest BCUT2D eigenvalue weighted by Gasteiger charge is -2.09. The number of benzene rings is 2. The van der Waals surface area contributed by atoms with Crippen molar-refractivity contribution in [1.29, 1.82) is 0 Å². The number of ether oxygens (including phenoxy) is 1. The summed E-state index contributed by atoms with van der Waals surface area (Å²) in [4.78, 5) is 16.7. The molecule has 1 aliphatic heterocycles. The molecule has 3 aromatic rings. The zero-order valence-corrected chi connectivity index (χ0v) is 13.4. The van der Waals surface area contributed by atoms with Gasteiger partial charge in [0.1, 0.15) is 11.6 Å². The Morgan fingerprint density at radius 2 is 2.17 bits per heavy atom. The van der Waals surface area contributed by atoms with Gasteiger partial charge >= 0.3 is 0 Å². The van der Waals surface area contributed by atoms with Crippen molar-refractivity contribution >= 4 is 22.7 Å². The highest BCUT2D eigenvalue weighted by molar-refractivity contribution is 5.96. The first-order valence-electron chi connectivity index (χ1n) is 8.09. The van der Waals surface area contributed by atoms with Gasteiger partial charge in [0.2, 0.25) is 5.89 Å². The molecule has 122 valence electrons. The number of hydrogen-bond acceptors (Lipinski definition) is 4. The second-order valence-electron chi connectivity index (χ2n) is 6.06. The molecule has 1 aliphatic rings. The fraction of sp³-hybridized carbons (Fsp3) is 0.263. The van der Waals surface area contributed by atoms with E-state index in [1.54, 1.807) is 0 Å². The molecular formula is C19H18N2O3. The normalized spacial score (nSPS) is 17.3. The summed E-state index contributed by atoms with van der Waals surface area (Å²) in [6.07, 6.45) is 1.36. The predicted molar refractivity (Wildman–Crippen MR) is 91.8 cm³/mol. The SMILES string of the molecule is Cc1cccc(-c2nc3cc(NC(=O)[C@H]4CCCO4)ccc3o2)c1. The third-order valence-corrected chi connectivity index (χ3v) is 4.14. The number of amides is 1. The molecule has 2 aromatic carbocycles. The highest BCUT2D eigenvalue weighted by Gasteiger charge is 2.23. The van der Waals surface area contributed by atoms with Crippen LogP contribution in [-0.2, 0) is 9.53 Å². The van der Waals surface area contributed by atoms with Crippen LogP contribution < -0.4 is 5.32 Å². The van der Waals surface area contributed by atoms with Gasteiger partial charge in [0, 0.05) is 17.9 Å². The minimum Gasteiger partial charge on any atom is -0.436 e. The van der Waals surface area contributed by atoms with Gasteiger partial charge in [-0.25, -0.2) is 4.98 Å². The van der Waals surface area contributed by atoms with Crippen LogP contribution in [0.2, 0.25) is 0 Å². The van der Waals surface area contributed by atoms with Crippen LogP contribution in [0.4, 0.5) is 5.69 Å². The van der Waals surface area contributed by atoms with Crippen molar-refractivity contribution in [3.8, 4) is 11.5 Å². The van der Waals surface area contributed by atoms with Crippen molar-refractivity contribution < 1.29 is 13.9 Å². The summed E-state index contributed by atoms with van der Waals surface area (Å²) in [5, 5.41) is 2.89. The summed E-state index contributed by atoms with van der Waals surface area (Å²) in [5.41, 5.74) is 4.21. The monoisotopic (exact) mass is 322 g/mol. The average Bonchev–Trinajstić information content (AvgIpc) is 3.24. The number of rotatable bonds is 3. The van der Waals surface area contributed by atoms with Crippen molar-refractivity contribution in [3.05, 3.63) is 48.0 Å². The Labute approximate surface area is 139 Å². The lowest BCUT2D eigenvalue weighted by molar-refractivity contribution is -0.124. The molecule has 1 amide bonds. The molecule has 1 atom stereocenters. The fourth-order valence-electron chi connectivity index (χ4n) is 2.91. The van der Waals surface area contributed by atoms with E-state index in [1.807, 2.05) is 49.4 Å². The quantitative estimate of drug-likeness (QED) is 0.794. The number of aryl methyl sites for hydroxylation is 1. The van der Waals surface area contributed by atoms with Crippen LogP contribution in [0.1, 0.15) is 18.4 Å². The van der Waals surface area contributed by atoms with E-state index in [4.69, 9.17) is 9.15 Å². The predicted octanol–water partition coefficient (Wildman–Crippen LogP) is 3.92. The molecule has 24 heavy (non-hydrogen) atoms. The van der Waals surface area contributed by atoms with Crippen molar-refractivity contribution in [3.63, 3.8) is 0 Å². The molecule has 0 saturated carbocycles. The van der Waals surface area contributed by atoms with E-state index >= 15 is 0 Å². The lowest BCUT2D eigenvalue weighted by atomic mass is 10.1. The van der Waals surface area contributed by atoms with E-state index in [0.717, 1.165) is 29.5 Å². The molecule has 1 N–H and O–H groups in total. The number of nitrogens with one attached hydrogen (secondary N) is 1. The van der Waals surface area contributed by atoms with E-state index in [0.29, 0.717) is 23.8 Å². The molecule has 0 radical (unpaired) electrons. The van der Waals surface area contributed by atoms with Crippen LogP contribution in [0.3, 0.4) is 0 Å². The van der Waals surface area contributed by atoms with Crippen LogP contribution in [0, 0.1) is 6.92 Å². The summed E-state index contributed by atoms with van der Waals surface area (Å²) in [6, 6.07) is 13.5. The summed E-state index contributed by atoms with van der Waals surface area (Å²) < 4.78 is 11.2. The fourth-order valence-corrected chi connectivity index (χ4v) is 2.91. The van der Waals surface area contributed by atoms with E-state index in [-0.39, 0.29) is 12.0 Å². The molecule has 5 nitrogen and oxygen atoms in total. The summed E-state index contributed by atoms with van der Waals surface area (Å²) >= 11 is 0. The first kappa shape index (κ1) is 14.9. The van der Waals surface area contributed by atoms with Crippen molar-refractivity contribution in [2.45, 2.75) is 25.9 Å². The van der Waals surface area contributed by atoms with Gasteiger partial charge in [-0.15, -0.1) is 0 Å². The smallest absolute Gasteiger partial charge is 0.253 e. The number of carbonyl (C=O) groups excluding carboxylic acids is 1. The third-order valence-electron chi connectivity index (χ3n) is 4.14. The lowest BCUT2D eigenvalue weighted by Crippen LogP contribution is -2.26. The number of nitrogens with zero attached hydrogens (tertiary/aromatic N) is 1. The van der Waals surface area contributed by atoms with Gasteiger partial charge in [-0.05, 0) is 50.1 Å². The first-order valence-corrected chi connectivity index (χ1v) is 8.09.